The summed E-state index contributed by atoms with van der Waals surface area (Å²) in [5.74, 6) is 2.47. The van der Waals surface area contributed by atoms with Crippen molar-refractivity contribution in [1.29, 1.82) is 0 Å². The third-order valence-electron chi connectivity index (χ3n) is 4.15. The van der Waals surface area contributed by atoms with Crippen molar-refractivity contribution in [1.82, 2.24) is 20.2 Å². The molecule has 1 fully saturated rings. The van der Waals surface area contributed by atoms with Crippen LogP contribution in [0.4, 0.5) is 5.82 Å². The first-order chi connectivity index (χ1) is 11.0. The Morgan fingerprint density at radius 3 is 2.57 bits per heavy atom. The van der Waals surface area contributed by atoms with E-state index in [9.17, 15) is 4.79 Å². The minimum absolute atomic E-state index is 0.265. The minimum Gasteiger partial charge on any atom is -0.353 e. The molecular formula is C17H29N5O. The largest absolute Gasteiger partial charge is 0.353 e. The Bertz CT molecular complexity index is 524. The van der Waals surface area contributed by atoms with E-state index in [1.54, 1.807) is 0 Å². The number of carbonyl (C=O) groups excluding carboxylic acids is 1. The second kappa shape index (κ2) is 8.24. The standard InChI is InChI=1S/C17H29N5O/c1-13(2)17-19-14(3)12-15(20-17)21-8-10-22(11-9-21)16(23)6-5-7-18-4/h12-13,18H,5-11H2,1-4H3. The van der Waals surface area contributed by atoms with Crippen LogP contribution in [-0.2, 0) is 4.79 Å². The molecule has 6 nitrogen and oxygen atoms in total. The van der Waals surface area contributed by atoms with Crippen molar-refractivity contribution in [3.8, 4) is 0 Å². The molecule has 1 aromatic rings. The van der Waals surface area contributed by atoms with E-state index < -0.39 is 0 Å². The summed E-state index contributed by atoms with van der Waals surface area (Å²) in [5, 5.41) is 3.08. The maximum absolute atomic E-state index is 12.2. The normalized spacial score (nSPS) is 15.3. The Morgan fingerprint density at radius 1 is 1.26 bits per heavy atom. The van der Waals surface area contributed by atoms with E-state index in [0.29, 0.717) is 12.3 Å². The van der Waals surface area contributed by atoms with Crippen LogP contribution in [0, 0.1) is 6.92 Å². The SMILES string of the molecule is CNCCCC(=O)N1CCN(c2cc(C)nc(C(C)C)n2)CC1. The summed E-state index contributed by atoms with van der Waals surface area (Å²) in [6, 6.07) is 2.04. The van der Waals surface area contributed by atoms with Gasteiger partial charge < -0.3 is 15.1 Å². The van der Waals surface area contributed by atoms with Gasteiger partial charge in [0.1, 0.15) is 11.6 Å². The van der Waals surface area contributed by atoms with E-state index in [2.05, 4.69) is 29.0 Å². The summed E-state index contributed by atoms with van der Waals surface area (Å²) in [7, 11) is 1.92. The van der Waals surface area contributed by atoms with Crippen LogP contribution in [-0.4, -0.2) is 60.5 Å². The smallest absolute Gasteiger partial charge is 0.222 e. The van der Waals surface area contributed by atoms with Gasteiger partial charge in [0, 0.05) is 50.3 Å². The molecule has 2 heterocycles. The van der Waals surface area contributed by atoms with Crippen LogP contribution in [0.5, 0.6) is 0 Å². The highest BCUT2D eigenvalue weighted by atomic mass is 16.2. The molecule has 1 saturated heterocycles. The van der Waals surface area contributed by atoms with E-state index in [-0.39, 0.29) is 5.91 Å². The molecule has 0 spiro atoms. The lowest BCUT2D eigenvalue weighted by Crippen LogP contribution is -2.49. The van der Waals surface area contributed by atoms with Crippen LogP contribution < -0.4 is 10.2 Å². The average molecular weight is 319 g/mol. The van der Waals surface area contributed by atoms with Gasteiger partial charge in [0.15, 0.2) is 0 Å². The second-order valence-corrected chi connectivity index (χ2v) is 6.46. The van der Waals surface area contributed by atoms with Gasteiger partial charge in [-0.2, -0.15) is 0 Å². The monoisotopic (exact) mass is 319 g/mol. The van der Waals surface area contributed by atoms with E-state index >= 15 is 0 Å². The lowest BCUT2D eigenvalue weighted by atomic mass is 10.2. The number of aryl methyl sites for hydroxylation is 1. The van der Waals surface area contributed by atoms with E-state index in [0.717, 1.165) is 56.5 Å². The van der Waals surface area contributed by atoms with Gasteiger partial charge in [0.05, 0.1) is 0 Å². The summed E-state index contributed by atoms with van der Waals surface area (Å²) in [5.41, 5.74) is 1.00. The van der Waals surface area contributed by atoms with Crippen molar-refractivity contribution >= 4 is 11.7 Å². The zero-order valence-electron chi connectivity index (χ0n) is 14.8. The number of nitrogens with zero attached hydrogens (tertiary/aromatic N) is 4. The van der Waals surface area contributed by atoms with Crippen LogP contribution in [0.15, 0.2) is 6.07 Å². The molecule has 0 saturated carbocycles. The predicted octanol–water partition coefficient (Wildman–Crippen LogP) is 1.56. The number of nitrogens with one attached hydrogen (secondary N) is 1. The maximum Gasteiger partial charge on any atom is 0.222 e. The van der Waals surface area contributed by atoms with Crippen molar-refractivity contribution in [3.63, 3.8) is 0 Å². The fourth-order valence-corrected chi connectivity index (χ4v) is 2.75. The Hall–Kier alpha value is -1.69. The van der Waals surface area contributed by atoms with Gasteiger partial charge in [-0.1, -0.05) is 13.8 Å². The first-order valence-corrected chi connectivity index (χ1v) is 8.54. The molecule has 0 aromatic carbocycles. The van der Waals surface area contributed by atoms with Crippen LogP contribution in [0.25, 0.3) is 0 Å². The van der Waals surface area contributed by atoms with Gasteiger partial charge in [0.25, 0.3) is 0 Å². The molecule has 1 amide bonds. The second-order valence-electron chi connectivity index (χ2n) is 6.46. The Labute approximate surface area is 139 Å². The van der Waals surface area contributed by atoms with Crippen LogP contribution >= 0.6 is 0 Å². The van der Waals surface area contributed by atoms with Crippen molar-refractivity contribution < 1.29 is 4.79 Å². The van der Waals surface area contributed by atoms with Crippen molar-refractivity contribution in [2.24, 2.45) is 0 Å². The van der Waals surface area contributed by atoms with Crippen LogP contribution in [0.1, 0.15) is 44.1 Å². The van der Waals surface area contributed by atoms with Crippen molar-refractivity contribution in [3.05, 3.63) is 17.6 Å². The van der Waals surface area contributed by atoms with Crippen LogP contribution in [0.2, 0.25) is 0 Å². The third-order valence-corrected chi connectivity index (χ3v) is 4.15. The number of aromatic nitrogens is 2. The topological polar surface area (TPSA) is 61.4 Å². The zero-order valence-corrected chi connectivity index (χ0v) is 14.8. The number of anilines is 1. The summed E-state index contributed by atoms with van der Waals surface area (Å²) in [6.07, 6.45) is 1.53. The molecule has 0 radical (unpaired) electrons. The van der Waals surface area contributed by atoms with E-state index in [4.69, 9.17) is 4.98 Å². The predicted molar refractivity (Wildman–Crippen MR) is 92.8 cm³/mol. The molecule has 0 bridgehead atoms. The number of hydrogen-bond donors (Lipinski definition) is 1. The number of carbonyl (C=O) groups is 1. The summed E-state index contributed by atoms with van der Waals surface area (Å²) >= 11 is 0. The molecule has 23 heavy (non-hydrogen) atoms. The Kier molecular flexibility index (Phi) is 6.33. The molecular weight excluding hydrogens is 290 g/mol. The number of piperazine rings is 1. The molecule has 2 rings (SSSR count). The van der Waals surface area contributed by atoms with Crippen molar-refractivity contribution in [2.75, 3.05) is 44.7 Å². The Balaban J connectivity index is 1.93. The van der Waals surface area contributed by atoms with Crippen LogP contribution in [0.3, 0.4) is 0 Å². The lowest BCUT2D eigenvalue weighted by Gasteiger charge is -2.35. The highest BCUT2D eigenvalue weighted by Gasteiger charge is 2.22. The van der Waals surface area contributed by atoms with E-state index in [1.807, 2.05) is 24.9 Å². The highest BCUT2D eigenvalue weighted by molar-refractivity contribution is 5.76. The quantitative estimate of drug-likeness (QED) is 0.806. The van der Waals surface area contributed by atoms with Gasteiger partial charge in [-0.25, -0.2) is 9.97 Å². The fraction of sp³-hybridized carbons (Fsp3) is 0.706. The van der Waals surface area contributed by atoms with Gasteiger partial charge in [0.2, 0.25) is 5.91 Å². The van der Waals surface area contributed by atoms with Gasteiger partial charge >= 0.3 is 0 Å². The molecule has 0 atom stereocenters. The summed E-state index contributed by atoms with van der Waals surface area (Å²) < 4.78 is 0. The van der Waals surface area contributed by atoms with Crippen molar-refractivity contribution in [2.45, 2.75) is 39.5 Å². The maximum atomic E-state index is 12.2. The number of hydrogen-bond acceptors (Lipinski definition) is 5. The molecule has 0 aliphatic carbocycles. The average Bonchev–Trinajstić information content (AvgIpc) is 2.54. The van der Waals surface area contributed by atoms with E-state index in [1.165, 1.54) is 0 Å². The fourth-order valence-electron chi connectivity index (χ4n) is 2.75. The molecule has 1 aliphatic heterocycles. The summed E-state index contributed by atoms with van der Waals surface area (Å²) in [6.45, 7) is 10.4. The molecule has 6 heteroatoms. The minimum atomic E-state index is 0.265. The molecule has 0 unspecified atom stereocenters. The van der Waals surface area contributed by atoms with Gasteiger partial charge in [-0.3, -0.25) is 4.79 Å². The molecule has 1 aliphatic rings. The summed E-state index contributed by atoms with van der Waals surface area (Å²) in [4.78, 5) is 25.6. The molecule has 1 N–H and O–H groups in total. The third kappa shape index (κ3) is 4.89. The molecule has 1 aromatic heterocycles. The lowest BCUT2D eigenvalue weighted by molar-refractivity contribution is -0.131. The van der Waals surface area contributed by atoms with Gasteiger partial charge in [-0.15, -0.1) is 0 Å². The number of rotatable bonds is 6. The Morgan fingerprint density at radius 2 is 1.96 bits per heavy atom. The van der Waals surface area contributed by atoms with Gasteiger partial charge in [-0.05, 0) is 26.9 Å². The zero-order chi connectivity index (χ0) is 16.8. The highest BCUT2D eigenvalue weighted by Crippen LogP contribution is 2.19. The first kappa shape index (κ1) is 17.7. The first-order valence-electron chi connectivity index (χ1n) is 8.54. The molecule has 128 valence electrons. The number of amides is 1.